The molecule has 0 bridgehead atoms. The molecule has 0 spiro atoms. The summed E-state index contributed by atoms with van der Waals surface area (Å²) in [5.41, 5.74) is 1.04. The second-order valence-electron chi connectivity index (χ2n) is 7.21. The molecule has 3 rings (SSSR count). The summed E-state index contributed by atoms with van der Waals surface area (Å²) in [5, 5.41) is 3.21. The second kappa shape index (κ2) is 11.5. The Balaban J connectivity index is 1.77. The van der Waals surface area contributed by atoms with Crippen molar-refractivity contribution in [2.75, 3.05) is 31.6 Å². The molecule has 0 aliphatic heterocycles. The maximum atomic E-state index is 13.4. The lowest BCUT2D eigenvalue weighted by molar-refractivity contribution is -0.119. The van der Waals surface area contributed by atoms with Crippen molar-refractivity contribution in [3.05, 3.63) is 82.3 Å². The first-order valence-electron chi connectivity index (χ1n) is 10.3. The maximum Gasteiger partial charge on any atom is 0.264 e. The first kappa shape index (κ1) is 25.7. The van der Waals surface area contributed by atoms with Crippen LogP contribution in [0.5, 0.6) is 11.5 Å². The summed E-state index contributed by atoms with van der Waals surface area (Å²) >= 11 is 12.4. The van der Waals surface area contributed by atoms with Crippen molar-refractivity contribution >= 4 is 44.8 Å². The van der Waals surface area contributed by atoms with Crippen LogP contribution >= 0.6 is 23.2 Å². The molecule has 0 aliphatic carbocycles. The van der Waals surface area contributed by atoms with Crippen LogP contribution in [0.15, 0.2) is 71.6 Å². The van der Waals surface area contributed by atoms with Gasteiger partial charge in [-0.2, -0.15) is 0 Å². The topological polar surface area (TPSA) is 84.9 Å². The summed E-state index contributed by atoms with van der Waals surface area (Å²) in [6, 6.07) is 17.7. The van der Waals surface area contributed by atoms with E-state index < -0.39 is 22.5 Å². The summed E-state index contributed by atoms with van der Waals surface area (Å²) in [6.45, 7) is -0.181. The number of halogens is 2. The molecule has 0 radical (unpaired) electrons. The highest BCUT2D eigenvalue weighted by molar-refractivity contribution is 7.92. The van der Waals surface area contributed by atoms with E-state index in [0.717, 1.165) is 9.87 Å². The van der Waals surface area contributed by atoms with Gasteiger partial charge in [0, 0.05) is 11.6 Å². The average molecular weight is 523 g/mol. The van der Waals surface area contributed by atoms with Crippen molar-refractivity contribution in [2.24, 2.45) is 0 Å². The van der Waals surface area contributed by atoms with E-state index in [1.165, 1.54) is 24.3 Å². The molecule has 0 fully saturated rings. The minimum Gasteiger partial charge on any atom is -0.493 e. The van der Waals surface area contributed by atoms with Gasteiger partial charge in [0.2, 0.25) is 5.91 Å². The Labute approximate surface area is 209 Å². The molecular formula is C24H24Cl2N2O5S. The molecule has 0 atom stereocenters. The van der Waals surface area contributed by atoms with E-state index in [2.05, 4.69) is 5.32 Å². The molecule has 1 amide bonds. The molecule has 1 N–H and O–H groups in total. The van der Waals surface area contributed by atoms with Gasteiger partial charge in [-0.1, -0.05) is 47.5 Å². The van der Waals surface area contributed by atoms with Gasteiger partial charge in [0.25, 0.3) is 10.0 Å². The van der Waals surface area contributed by atoms with Gasteiger partial charge in [0.15, 0.2) is 11.5 Å². The standard InChI is InChI=1S/C24H24Cl2N2O5S/c1-32-22-11-8-17(14-23(22)33-2)12-13-27-24(29)16-28(21-15-18(25)9-10-20(21)26)34(30,31)19-6-4-3-5-7-19/h3-11,14-15H,12-13,16H2,1-2H3,(H,27,29). The quantitative estimate of drug-likeness (QED) is 0.421. The lowest BCUT2D eigenvalue weighted by Crippen LogP contribution is -2.41. The molecule has 3 aromatic carbocycles. The summed E-state index contributed by atoms with van der Waals surface area (Å²) in [7, 11) is -0.981. The molecule has 0 saturated heterocycles. The monoisotopic (exact) mass is 522 g/mol. The highest BCUT2D eigenvalue weighted by Gasteiger charge is 2.28. The van der Waals surface area contributed by atoms with Gasteiger partial charge in [0.1, 0.15) is 6.54 Å². The Bertz CT molecular complexity index is 1250. The van der Waals surface area contributed by atoms with Crippen LogP contribution in [0.25, 0.3) is 0 Å². The zero-order valence-electron chi connectivity index (χ0n) is 18.6. The predicted molar refractivity (Wildman–Crippen MR) is 134 cm³/mol. The Hall–Kier alpha value is -2.94. The zero-order chi connectivity index (χ0) is 24.7. The lowest BCUT2D eigenvalue weighted by atomic mass is 10.1. The van der Waals surface area contributed by atoms with Gasteiger partial charge in [-0.3, -0.25) is 9.10 Å². The number of rotatable bonds is 10. The van der Waals surface area contributed by atoms with Gasteiger partial charge >= 0.3 is 0 Å². The molecule has 7 nitrogen and oxygen atoms in total. The summed E-state index contributed by atoms with van der Waals surface area (Å²) in [6.07, 6.45) is 0.509. The van der Waals surface area contributed by atoms with E-state index in [1.807, 2.05) is 12.1 Å². The number of nitrogens with one attached hydrogen (secondary N) is 1. The average Bonchev–Trinajstić information content (AvgIpc) is 2.84. The third kappa shape index (κ3) is 6.14. The third-order valence-electron chi connectivity index (χ3n) is 4.98. The Morgan fingerprint density at radius 2 is 1.65 bits per heavy atom. The first-order valence-corrected chi connectivity index (χ1v) is 12.5. The first-order chi connectivity index (χ1) is 16.3. The minimum atomic E-state index is -4.08. The molecule has 34 heavy (non-hydrogen) atoms. The van der Waals surface area contributed by atoms with E-state index in [0.29, 0.717) is 22.9 Å². The van der Waals surface area contributed by atoms with Crippen molar-refractivity contribution in [3.8, 4) is 11.5 Å². The van der Waals surface area contributed by atoms with Crippen LogP contribution in [0.1, 0.15) is 5.56 Å². The summed E-state index contributed by atoms with van der Waals surface area (Å²) < 4.78 is 38.2. The summed E-state index contributed by atoms with van der Waals surface area (Å²) in [4.78, 5) is 12.8. The van der Waals surface area contributed by atoms with Crippen LogP contribution in [0.2, 0.25) is 10.0 Å². The van der Waals surface area contributed by atoms with Crippen molar-refractivity contribution in [3.63, 3.8) is 0 Å². The third-order valence-corrected chi connectivity index (χ3v) is 7.31. The number of methoxy groups -OCH3 is 2. The molecule has 3 aromatic rings. The molecule has 180 valence electrons. The van der Waals surface area contributed by atoms with Crippen molar-refractivity contribution in [1.82, 2.24) is 5.32 Å². The Morgan fingerprint density at radius 3 is 2.32 bits per heavy atom. The van der Waals surface area contributed by atoms with Crippen LogP contribution in [-0.4, -0.2) is 41.6 Å². The normalized spacial score (nSPS) is 11.1. The fourth-order valence-electron chi connectivity index (χ4n) is 3.27. The number of benzene rings is 3. The largest absolute Gasteiger partial charge is 0.493 e. The van der Waals surface area contributed by atoms with Crippen molar-refractivity contribution < 1.29 is 22.7 Å². The van der Waals surface area contributed by atoms with E-state index >= 15 is 0 Å². The number of ether oxygens (including phenoxy) is 2. The van der Waals surface area contributed by atoms with Gasteiger partial charge in [-0.25, -0.2) is 8.42 Å². The van der Waals surface area contributed by atoms with Crippen molar-refractivity contribution in [2.45, 2.75) is 11.3 Å². The number of sulfonamides is 1. The van der Waals surface area contributed by atoms with Crippen LogP contribution in [0.3, 0.4) is 0 Å². The zero-order valence-corrected chi connectivity index (χ0v) is 21.0. The molecule has 0 heterocycles. The molecular weight excluding hydrogens is 499 g/mol. The molecule has 0 unspecified atom stereocenters. The predicted octanol–water partition coefficient (Wildman–Crippen LogP) is 4.56. The van der Waals surface area contributed by atoms with Crippen molar-refractivity contribution in [1.29, 1.82) is 0 Å². The smallest absolute Gasteiger partial charge is 0.264 e. The molecule has 0 saturated carbocycles. The highest BCUT2D eigenvalue weighted by Crippen LogP contribution is 2.33. The van der Waals surface area contributed by atoms with E-state index in [4.69, 9.17) is 32.7 Å². The van der Waals surface area contributed by atoms with Gasteiger partial charge < -0.3 is 14.8 Å². The molecule has 0 aliphatic rings. The highest BCUT2D eigenvalue weighted by atomic mass is 35.5. The number of nitrogens with zero attached hydrogens (tertiary/aromatic N) is 1. The van der Waals surface area contributed by atoms with E-state index in [9.17, 15) is 13.2 Å². The number of carbonyl (C=O) groups excluding carboxylic acids is 1. The van der Waals surface area contributed by atoms with Crippen LogP contribution in [-0.2, 0) is 21.2 Å². The maximum absolute atomic E-state index is 13.4. The minimum absolute atomic E-state index is 0.0316. The Morgan fingerprint density at radius 1 is 0.941 bits per heavy atom. The fourth-order valence-corrected chi connectivity index (χ4v) is 5.15. The van der Waals surface area contributed by atoms with Crippen LogP contribution in [0, 0.1) is 0 Å². The molecule has 10 heteroatoms. The number of carbonyl (C=O) groups is 1. The van der Waals surface area contributed by atoms with E-state index in [-0.39, 0.29) is 22.2 Å². The number of hydrogen-bond donors (Lipinski definition) is 1. The van der Waals surface area contributed by atoms with Crippen LogP contribution in [0.4, 0.5) is 5.69 Å². The van der Waals surface area contributed by atoms with Gasteiger partial charge in [0.05, 0.1) is 29.8 Å². The number of amides is 1. The van der Waals surface area contributed by atoms with Crippen LogP contribution < -0.4 is 19.1 Å². The SMILES string of the molecule is COc1ccc(CCNC(=O)CN(c2cc(Cl)ccc2Cl)S(=O)(=O)c2ccccc2)cc1OC. The lowest BCUT2D eigenvalue weighted by Gasteiger charge is -2.25. The number of hydrogen-bond acceptors (Lipinski definition) is 5. The number of anilines is 1. The fraction of sp³-hybridized carbons (Fsp3) is 0.208. The summed E-state index contributed by atoms with van der Waals surface area (Å²) in [5.74, 6) is 0.702. The van der Waals surface area contributed by atoms with E-state index in [1.54, 1.807) is 44.6 Å². The Kier molecular flexibility index (Phi) is 8.66. The second-order valence-corrected chi connectivity index (χ2v) is 9.92. The van der Waals surface area contributed by atoms with Gasteiger partial charge in [-0.05, 0) is 54.4 Å². The van der Waals surface area contributed by atoms with Gasteiger partial charge in [-0.15, -0.1) is 0 Å². The molecule has 0 aromatic heterocycles.